The summed E-state index contributed by atoms with van der Waals surface area (Å²) in [4.78, 5) is 11.2. The summed E-state index contributed by atoms with van der Waals surface area (Å²) in [5.41, 5.74) is 1.12. The summed E-state index contributed by atoms with van der Waals surface area (Å²) in [6, 6.07) is 4.84. The summed E-state index contributed by atoms with van der Waals surface area (Å²) in [5.74, 6) is -0.526. The Morgan fingerprint density at radius 2 is 2.31 bits per heavy atom. The molecule has 0 saturated heterocycles. The molecule has 0 bridgehead atoms. The minimum absolute atomic E-state index is 0.0325. The second kappa shape index (κ2) is 4.45. The van der Waals surface area contributed by atoms with Crippen LogP contribution in [-0.2, 0) is 4.74 Å². The summed E-state index contributed by atoms with van der Waals surface area (Å²) < 4.78 is 5.02. The molecule has 0 aliphatic heterocycles. The van der Waals surface area contributed by atoms with Crippen molar-refractivity contribution in [1.82, 2.24) is 0 Å². The van der Waals surface area contributed by atoms with E-state index in [2.05, 4.69) is 0 Å². The van der Waals surface area contributed by atoms with E-state index in [1.807, 2.05) is 29.5 Å². The van der Waals surface area contributed by atoms with Crippen molar-refractivity contribution in [2.24, 2.45) is 0 Å². The number of carbonyl (C=O) groups excluding carboxylic acids is 1. The van der Waals surface area contributed by atoms with E-state index in [-0.39, 0.29) is 15.9 Å². The zero-order chi connectivity index (χ0) is 9.84. The molecule has 0 saturated carbocycles. The average Bonchev–Trinajstić information content (AvgIpc) is 2.04. The molecule has 1 aromatic rings. The molecule has 0 atom stereocenters. The van der Waals surface area contributed by atoms with Gasteiger partial charge in [-0.25, -0.2) is 4.79 Å². The number of ether oxygens (including phenoxy) is 1. The van der Waals surface area contributed by atoms with Gasteiger partial charge in [-0.3, -0.25) is 0 Å². The number of carbonyl (C=O) groups is 1. The van der Waals surface area contributed by atoms with Crippen molar-refractivity contribution in [3.63, 3.8) is 0 Å². The van der Waals surface area contributed by atoms with Crippen LogP contribution in [0.25, 0.3) is 0 Å². The van der Waals surface area contributed by atoms with Gasteiger partial charge in [0.15, 0.2) is 0 Å². The number of esters is 1. The topological polar surface area (TPSA) is 46.5 Å². The third-order valence-electron chi connectivity index (χ3n) is 1.56. The van der Waals surface area contributed by atoms with Gasteiger partial charge in [0.1, 0.15) is 15.9 Å². The van der Waals surface area contributed by atoms with E-state index in [9.17, 15) is 9.90 Å². The molecule has 0 spiro atoms. The number of alkyl halides is 1. The van der Waals surface area contributed by atoms with E-state index in [1.54, 1.807) is 12.1 Å². The molecule has 0 aliphatic carbocycles. The second-order valence-electron chi connectivity index (χ2n) is 2.56. The maximum Gasteiger partial charge on any atom is 0.342 e. The molecule has 0 amide bonds. The van der Waals surface area contributed by atoms with Crippen molar-refractivity contribution >= 4 is 28.6 Å². The quantitative estimate of drug-likeness (QED) is 0.516. The summed E-state index contributed by atoms with van der Waals surface area (Å²) in [7, 11) is 0. The van der Waals surface area contributed by atoms with E-state index in [0.29, 0.717) is 0 Å². The van der Waals surface area contributed by atoms with Gasteiger partial charge >= 0.3 is 5.97 Å². The molecule has 0 heterocycles. The standard InChI is InChI=1S/C9H9IO3/c1-6-2-3-7(8(11)4-6)9(12)13-5-10/h2-4,11H,5H2,1H3. The molecular formula is C9H9IO3. The lowest BCUT2D eigenvalue weighted by Gasteiger charge is -2.03. The summed E-state index contributed by atoms with van der Waals surface area (Å²) in [5, 5.41) is 9.39. The van der Waals surface area contributed by atoms with Crippen LogP contribution in [0.1, 0.15) is 15.9 Å². The minimum atomic E-state index is -0.494. The van der Waals surface area contributed by atoms with Crippen molar-refractivity contribution in [1.29, 1.82) is 0 Å². The highest BCUT2D eigenvalue weighted by molar-refractivity contribution is 14.1. The van der Waals surface area contributed by atoms with Crippen LogP contribution in [0.4, 0.5) is 0 Å². The first-order valence-electron chi connectivity index (χ1n) is 3.68. The Labute approximate surface area is 89.9 Å². The number of phenols is 1. The van der Waals surface area contributed by atoms with Crippen LogP contribution in [-0.4, -0.2) is 15.7 Å². The van der Waals surface area contributed by atoms with Crippen LogP contribution in [0.3, 0.4) is 0 Å². The SMILES string of the molecule is Cc1ccc(C(=O)OCI)c(O)c1. The highest BCUT2D eigenvalue weighted by Crippen LogP contribution is 2.19. The highest BCUT2D eigenvalue weighted by Gasteiger charge is 2.11. The molecular weight excluding hydrogens is 283 g/mol. The van der Waals surface area contributed by atoms with Gasteiger partial charge in [0.05, 0.1) is 0 Å². The van der Waals surface area contributed by atoms with Gasteiger partial charge in [-0.1, -0.05) is 6.07 Å². The van der Waals surface area contributed by atoms with Crippen molar-refractivity contribution in [2.45, 2.75) is 6.92 Å². The lowest BCUT2D eigenvalue weighted by molar-refractivity contribution is 0.0587. The number of phenolic OH excluding ortho intramolecular Hbond substituents is 1. The number of rotatable bonds is 2. The number of hydrogen-bond acceptors (Lipinski definition) is 3. The van der Waals surface area contributed by atoms with Crippen LogP contribution < -0.4 is 0 Å². The molecule has 3 nitrogen and oxygen atoms in total. The summed E-state index contributed by atoms with van der Waals surface area (Å²) >= 11 is 1.92. The van der Waals surface area contributed by atoms with E-state index in [4.69, 9.17) is 4.74 Å². The smallest absolute Gasteiger partial charge is 0.342 e. The lowest BCUT2D eigenvalue weighted by atomic mass is 10.1. The molecule has 70 valence electrons. The van der Waals surface area contributed by atoms with Crippen LogP contribution >= 0.6 is 22.6 Å². The van der Waals surface area contributed by atoms with E-state index >= 15 is 0 Å². The predicted octanol–water partition coefficient (Wildman–Crippen LogP) is 2.25. The molecule has 0 aromatic heterocycles. The van der Waals surface area contributed by atoms with Crippen LogP contribution in [0.2, 0.25) is 0 Å². The Bertz CT molecular complexity index is 323. The fourth-order valence-electron chi connectivity index (χ4n) is 0.942. The van der Waals surface area contributed by atoms with Crippen molar-refractivity contribution in [3.8, 4) is 5.75 Å². The Hall–Kier alpha value is -0.780. The lowest BCUT2D eigenvalue weighted by Crippen LogP contribution is -2.03. The number of aryl methyl sites for hydroxylation is 1. The minimum Gasteiger partial charge on any atom is -0.507 e. The Balaban J connectivity index is 2.95. The Morgan fingerprint density at radius 3 is 2.85 bits per heavy atom. The first-order valence-corrected chi connectivity index (χ1v) is 5.20. The van der Waals surface area contributed by atoms with E-state index < -0.39 is 5.97 Å². The normalized spacial score (nSPS) is 9.69. The highest BCUT2D eigenvalue weighted by atomic mass is 127. The molecule has 0 aliphatic rings. The maximum absolute atomic E-state index is 11.2. The van der Waals surface area contributed by atoms with Crippen LogP contribution in [0.15, 0.2) is 18.2 Å². The first-order chi connectivity index (χ1) is 6.15. The number of hydrogen-bond donors (Lipinski definition) is 1. The second-order valence-corrected chi connectivity index (χ2v) is 3.18. The Morgan fingerprint density at radius 1 is 1.62 bits per heavy atom. The molecule has 1 aromatic carbocycles. The number of halogens is 1. The Kier molecular flexibility index (Phi) is 3.53. The van der Waals surface area contributed by atoms with Crippen molar-refractivity contribution in [2.75, 3.05) is 4.61 Å². The number of benzene rings is 1. The third-order valence-corrected chi connectivity index (χ3v) is 1.87. The van der Waals surface area contributed by atoms with Gasteiger partial charge in [-0.15, -0.1) is 0 Å². The van der Waals surface area contributed by atoms with Gasteiger partial charge < -0.3 is 9.84 Å². The first kappa shape index (κ1) is 10.3. The van der Waals surface area contributed by atoms with Crippen LogP contribution in [0, 0.1) is 6.92 Å². The predicted molar refractivity (Wildman–Crippen MR) is 57.1 cm³/mol. The zero-order valence-corrected chi connectivity index (χ0v) is 9.24. The van der Waals surface area contributed by atoms with Gasteiger partial charge in [-0.05, 0) is 47.2 Å². The van der Waals surface area contributed by atoms with Gasteiger partial charge in [0.25, 0.3) is 0 Å². The van der Waals surface area contributed by atoms with Crippen molar-refractivity contribution in [3.05, 3.63) is 29.3 Å². The zero-order valence-electron chi connectivity index (χ0n) is 7.08. The van der Waals surface area contributed by atoms with Crippen molar-refractivity contribution < 1.29 is 14.6 Å². The molecule has 1 rings (SSSR count). The fourth-order valence-corrected chi connectivity index (χ4v) is 1.22. The number of aromatic hydroxyl groups is 1. The monoisotopic (exact) mass is 292 g/mol. The van der Waals surface area contributed by atoms with Crippen LogP contribution in [0.5, 0.6) is 5.75 Å². The van der Waals surface area contributed by atoms with Gasteiger partial charge in [0.2, 0.25) is 0 Å². The van der Waals surface area contributed by atoms with Gasteiger partial charge in [0, 0.05) is 0 Å². The summed E-state index contributed by atoms with van der Waals surface area (Å²) in [6.45, 7) is 1.84. The van der Waals surface area contributed by atoms with E-state index in [0.717, 1.165) is 5.56 Å². The molecule has 0 fully saturated rings. The maximum atomic E-state index is 11.2. The third kappa shape index (κ3) is 2.58. The molecule has 1 N–H and O–H groups in total. The van der Waals surface area contributed by atoms with Gasteiger partial charge in [-0.2, -0.15) is 0 Å². The van der Waals surface area contributed by atoms with E-state index in [1.165, 1.54) is 6.07 Å². The molecule has 0 radical (unpaired) electrons. The fraction of sp³-hybridized carbons (Fsp3) is 0.222. The molecule has 0 unspecified atom stereocenters. The average molecular weight is 292 g/mol. The largest absolute Gasteiger partial charge is 0.507 e. The summed E-state index contributed by atoms with van der Waals surface area (Å²) in [6.07, 6.45) is 0. The molecule has 4 heteroatoms. The molecule has 13 heavy (non-hydrogen) atoms.